The maximum atomic E-state index is 12.8. The predicted molar refractivity (Wildman–Crippen MR) is 100 cm³/mol. The summed E-state index contributed by atoms with van der Waals surface area (Å²) in [5.41, 5.74) is 3.65. The Hall–Kier alpha value is -2.53. The Kier molecular flexibility index (Phi) is 4.09. The normalized spacial score (nSPS) is 15.0. The molecule has 2 aromatic carbocycles. The Labute approximate surface area is 151 Å². The number of rotatable bonds is 2. The molecule has 3 aromatic rings. The van der Waals surface area contributed by atoms with Crippen LogP contribution in [0.3, 0.4) is 0 Å². The average Bonchev–Trinajstić information content (AvgIpc) is 3.01. The second-order valence-corrected chi connectivity index (χ2v) is 6.75. The number of amides is 1. The molecule has 25 heavy (non-hydrogen) atoms. The molecule has 1 N–H and O–H groups in total. The average molecular weight is 355 g/mol. The second kappa shape index (κ2) is 6.41. The molecule has 0 radical (unpaired) electrons. The third-order valence-electron chi connectivity index (χ3n) is 4.61. The highest BCUT2D eigenvalue weighted by molar-refractivity contribution is 6.30. The maximum absolute atomic E-state index is 12.8. The van der Waals surface area contributed by atoms with Crippen molar-refractivity contribution in [3.05, 3.63) is 58.9 Å². The summed E-state index contributed by atoms with van der Waals surface area (Å²) >= 11 is 5.95. The number of piperazine rings is 1. The van der Waals surface area contributed by atoms with Crippen molar-refractivity contribution < 1.29 is 4.79 Å². The predicted octanol–water partition coefficient (Wildman–Crippen LogP) is 3.49. The van der Waals surface area contributed by atoms with Gasteiger partial charge in [0.1, 0.15) is 5.82 Å². The van der Waals surface area contributed by atoms with Gasteiger partial charge in [-0.3, -0.25) is 4.79 Å². The molecule has 1 aliphatic heterocycles. The van der Waals surface area contributed by atoms with Crippen LogP contribution in [0.4, 0.5) is 5.69 Å². The van der Waals surface area contributed by atoms with E-state index in [1.165, 1.54) is 0 Å². The quantitative estimate of drug-likeness (QED) is 0.766. The van der Waals surface area contributed by atoms with E-state index in [1.54, 1.807) is 0 Å². The molecule has 0 spiro atoms. The summed E-state index contributed by atoms with van der Waals surface area (Å²) < 4.78 is 0. The van der Waals surface area contributed by atoms with Gasteiger partial charge in [-0.25, -0.2) is 4.98 Å². The number of nitrogens with zero attached hydrogens (tertiary/aromatic N) is 3. The van der Waals surface area contributed by atoms with E-state index in [2.05, 4.69) is 14.9 Å². The van der Waals surface area contributed by atoms with Crippen LogP contribution in [0.2, 0.25) is 5.02 Å². The summed E-state index contributed by atoms with van der Waals surface area (Å²) in [7, 11) is 0. The van der Waals surface area contributed by atoms with Gasteiger partial charge in [-0.05, 0) is 49.4 Å². The van der Waals surface area contributed by atoms with Crippen LogP contribution >= 0.6 is 11.6 Å². The van der Waals surface area contributed by atoms with Gasteiger partial charge in [-0.2, -0.15) is 0 Å². The number of aromatic nitrogens is 2. The van der Waals surface area contributed by atoms with Gasteiger partial charge in [0.2, 0.25) is 0 Å². The van der Waals surface area contributed by atoms with Crippen molar-refractivity contribution in [3.63, 3.8) is 0 Å². The minimum Gasteiger partial charge on any atom is -0.368 e. The number of nitrogens with one attached hydrogen (secondary N) is 1. The highest BCUT2D eigenvalue weighted by Gasteiger charge is 2.22. The molecule has 2 heterocycles. The third-order valence-corrected chi connectivity index (χ3v) is 4.86. The van der Waals surface area contributed by atoms with Crippen LogP contribution in [0.15, 0.2) is 42.5 Å². The highest BCUT2D eigenvalue weighted by atomic mass is 35.5. The molecule has 6 heteroatoms. The third kappa shape index (κ3) is 3.20. The molecule has 5 nitrogen and oxygen atoms in total. The topological polar surface area (TPSA) is 52.2 Å². The lowest BCUT2D eigenvalue weighted by molar-refractivity contribution is 0.0747. The Bertz CT molecular complexity index is 911. The fourth-order valence-corrected chi connectivity index (χ4v) is 3.40. The second-order valence-electron chi connectivity index (χ2n) is 6.31. The maximum Gasteiger partial charge on any atom is 0.254 e. The first-order valence-electron chi connectivity index (χ1n) is 8.36. The van der Waals surface area contributed by atoms with Gasteiger partial charge < -0.3 is 14.8 Å². The monoisotopic (exact) mass is 354 g/mol. The number of anilines is 1. The molecule has 1 fully saturated rings. The standard InChI is InChI=1S/C19H19ClN4O/c1-13-21-17-7-2-14(12-18(17)22-13)19(25)24-10-8-23(9-11-24)16-5-3-15(20)4-6-16/h2-7,12H,8-11H2,1H3,(H,21,22). The van der Waals surface area contributed by atoms with Gasteiger partial charge in [0.25, 0.3) is 5.91 Å². The van der Waals surface area contributed by atoms with E-state index in [9.17, 15) is 4.79 Å². The Balaban J connectivity index is 1.45. The molecule has 1 aliphatic rings. The van der Waals surface area contributed by atoms with Crippen molar-refractivity contribution in [2.75, 3.05) is 31.1 Å². The molecular formula is C19H19ClN4O. The van der Waals surface area contributed by atoms with Crippen molar-refractivity contribution in [2.45, 2.75) is 6.92 Å². The van der Waals surface area contributed by atoms with Gasteiger partial charge in [0.15, 0.2) is 0 Å². The van der Waals surface area contributed by atoms with Crippen LogP contribution in [0.25, 0.3) is 11.0 Å². The molecule has 128 valence electrons. The summed E-state index contributed by atoms with van der Waals surface area (Å²) in [6.45, 7) is 4.97. The largest absolute Gasteiger partial charge is 0.368 e. The number of fused-ring (bicyclic) bond motifs is 1. The number of imidazole rings is 1. The molecule has 1 saturated heterocycles. The SMILES string of the molecule is Cc1nc2ccc(C(=O)N3CCN(c4ccc(Cl)cc4)CC3)cc2[nH]1. The van der Waals surface area contributed by atoms with E-state index in [4.69, 9.17) is 11.6 Å². The van der Waals surface area contributed by atoms with Crippen LogP contribution in [0, 0.1) is 6.92 Å². The molecule has 0 bridgehead atoms. The van der Waals surface area contributed by atoms with Crippen LogP contribution in [-0.2, 0) is 0 Å². The summed E-state index contributed by atoms with van der Waals surface area (Å²) in [4.78, 5) is 24.6. The number of carbonyl (C=O) groups excluding carboxylic acids is 1. The van der Waals surface area contributed by atoms with E-state index in [-0.39, 0.29) is 5.91 Å². The number of hydrogen-bond donors (Lipinski definition) is 1. The molecule has 1 aromatic heterocycles. The first-order valence-corrected chi connectivity index (χ1v) is 8.74. The van der Waals surface area contributed by atoms with E-state index >= 15 is 0 Å². The van der Waals surface area contributed by atoms with Crippen LogP contribution in [0.5, 0.6) is 0 Å². The summed E-state index contributed by atoms with van der Waals surface area (Å²) in [5.74, 6) is 0.932. The molecule has 0 saturated carbocycles. The van der Waals surface area contributed by atoms with Gasteiger partial charge in [-0.15, -0.1) is 0 Å². The van der Waals surface area contributed by atoms with Crippen molar-refractivity contribution in [1.82, 2.24) is 14.9 Å². The Morgan fingerprint density at radius 2 is 1.80 bits per heavy atom. The minimum absolute atomic E-state index is 0.0740. The lowest BCUT2D eigenvalue weighted by atomic mass is 10.1. The molecule has 0 atom stereocenters. The molecule has 4 rings (SSSR count). The highest BCUT2D eigenvalue weighted by Crippen LogP contribution is 2.21. The number of aryl methyl sites for hydroxylation is 1. The number of carbonyl (C=O) groups is 1. The van der Waals surface area contributed by atoms with Crippen molar-refractivity contribution in [1.29, 1.82) is 0 Å². The molecule has 0 unspecified atom stereocenters. The lowest BCUT2D eigenvalue weighted by Crippen LogP contribution is -2.48. The minimum atomic E-state index is 0.0740. The number of benzene rings is 2. The van der Waals surface area contributed by atoms with Crippen molar-refractivity contribution in [2.24, 2.45) is 0 Å². The number of halogens is 1. The van der Waals surface area contributed by atoms with E-state index in [0.29, 0.717) is 18.7 Å². The number of H-pyrrole nitrogens is 1. The van der Waals surface area contributed by atoms with E-state index in [0.717, 1.165) is 40.7 Å². The van der Waals surface area contributed by atoms with Crippen molar-refractivity contribution >= 4 is 34.2 Å². The zero-order chi connectivity index (χ0) is 17.4. The fourth-order valence-electron chi connectivity index (χ4n) is 3.27. The smallest absolute Gasteiger partial charge is 0.254 e. The van der Waals surface area contributed by atoms with Crippen LogP contribution in [0.1, 0.15) is 16.2 Å². The summed E-state index contributed by atoms with van der Waals surface area (Å²) in [6, 6.07) is 13.5. The zero-order valence-corrected chi connectivity index (χ0v) is 14.8. The Morgan fingerprint density at radius 1 is 1.08 bits per heavy atom. The van der Waals surface area contributed by atoms with E-state index < -0.39 is 0 Å². The molecular weight excluding hydrogens is 336 g/mol. The number of hydrogen-bond acceptors (Lipinski definition) is 3. The first-order chi connectivity index (χ1) is 12.1. The van der Waals surface area contributed by atoms with Gasteiger partial charge in [0.05, 0.1) is 11.0 Å². The zero-order valence-electron chi connectivity index (χ0n) is 14.0. The molecule has 0 aliphatic carbocycles. The van der Waals surface area contributed by atoms with E-state index in [1.807, 2.05) is 54.3 Å². The van der Waals surface area contributed by atoms with Gasteiger partial charge in [0, 0.05) is 42.5 Å². The lowest BCUT2D eigenvalue weighted by Gasteiger charge is -2.36. The van der Waals surface area contributed by atoms with Crippen molar-refractivity contribution in [3.8, 4) is 0 Å². The number of aromatic amines is 1. The summed E-state index contributed by atoms with van der Waals surface area (Å²) in [6.07, 6.45) is 0. The Morgan fingerprint density at radius 3 is 2.52 bits per heavy atom. The van der Waals surface area contributed by atoms with Gasteiger partial charge >= 0.3 is 0 Å². The first kappa shape index (κ1) is 16.0. The van der Waals surface area contributed by atoms with Crippen LogP contribution < -0.4 is 4.90 Å². The van der Waals surface area contributed by atoms with Crippen LogP contribution in [-0.4, -0.2) is 47.0 Å². The fraction of sp³-hybridized carbons (Fsp3) is 0.263. The molecule has 1 amide bonds. The van der Waals surface area contributed by atoms with Gasteiger partial charge in [-0.1, -0.05) is 11.6 Å². The summed E-state index contributed by atoms with van der Waals surface area (Å²) in [5, 5.41) is 0.738.